The van der Waals surface area contributed by atoms with Crippen LogP contribution in [0.3, 0.4) is 0 Å². The van der Waals surface area contributed by atoms with Gasteiger partial charge in [-0.05, 0) is 14.0 Å². The summed E-state index contributed by atoms with van der Waals surface area (Å²) in [6.07, 6.45) is 0. The molecular formula is C9H11N3S2. The van der Waals surface area contributed by atoms with Gasteiger partial charge in [-0.15, -0.1) is 22.7 Å². The van der Waals surface area contributed by atoms with E-state index in [1.807, 2.05) is 19.4 Å². The molecule has 0 saturated heterocycles. The Hall–Kier alpha value is -0.780. The lowest BCUT2D eigenvalue weighted by Crippen LogP contribution is -2.04. The van der Waals surface area contributed by atoms with Crippen LogP contribution in [0.4, 0.5) is 0 Å². The third-order valence-electron chi connectivity index (χ3n) is 1.76. The standard InChI is InChI=1S/C9H11N3S2/c1-6-11-7(4-13-6)8-5-14-9(12-8)3-10-2/h4-5,10H,3H2,1-2H3. The number of aryl methyl sites for hydroxylation is 1. The summed E-state index contributed by atoms with van der Waals surface area (Å²) >= 11 is 3.33. The molecule has 0 aromatic carbocycles. The first-order chi connectivity index (χ1) is 6.79. The van der Waals surface area contributed by atoms with Crippen molar-refractivity contribution in [2.75, 3.05) is 7.05 Å². The highest BCUT2D eigenvalue weighted by atomic mass is 32.1. The fourth-order valence-corrected chi connectivity index (χ4v) is 2.55. The molecule has 0 radical (unpaired) electrons. The third-order valence-corrected chi connectivity index (χ3v) is 3.38. The van der Waals surface area contributed by atoms with Crippen LogP contribution in [0.15, 0.2) is 10.8 Å². The van der Waals surface area contributed by atoms with E-state index in [4.69, 9.17) is 0 Å². The molecule has 0 aliphatic rings. The van der Waals surface area contributed by atoms with Gasteiger partial charge in [-0.25, -0.2) is 9.97 Å². The second-order valence-corrected chi connectivity index (χ2v) is 4.91. The zero-order valence-electron chi connectivity index (χ0n) is 8.07. The van der Waals surface area contributed by atoms with E-state index in [1.165, 1.54) is 0 Å². The second-order valence-electron chi connectivity index (χ2n) is 2.91. The highest BCUT2D eigenvalue weighted by Gasteiger charge is 2.06. The number of hydrogen-bond donors (Lipinski definition) is 1. The Morgan fingerprint density at radius 3 is 2.57 bits per heavy atom. The van der Waals surface area contributed by atoms with Gasteiger partial charge in [-0.1, -0.05) is 0 Å². The number of hydrogen-bond acceptors (Lipinski definition) is 5. The monoisotopic (exact) mass is 225 g/mol. The van der Waals surface area contributed by atoms with Gasteiger partial charge in [0.05, 0.1) is 5.01 Å². The summed E-state index contributed by atoms with van der Waals surface area (Å²) in [7, 11) is 1.92. The minimum Gasteiger partial charge on any atom is -0.314 e. The highest BCUT2D eigenvalue weighted by molar-refractivity contribution is 7.10. The van der Waals surface area contributed by atoms with E-state index < -0.39 is 0 Å². The first-order valence-electron chi connectivity index (χ1n) is 4.31. The van der Waals surface area contributed by atoms with Gasteiger partial charge in [0.25, 0.3) is 0 Å². The Balaban J connectivity index is 2.24. The lowest BCUT2D eigenvalue weighted by molar-refractivity contribution is 0.810. The number of nitrogens with zero attached hydrogens (tertiary/aromatic N) is 2. The number of nitrogens with one attached hydrogen (secondary N) is 1. The average molecular weight is 225 g/mol. The molecule has 2 aromatic heterocycles. The van der Waals surface area contributed by atoms with Crippen molar-refractivity contribution >= 4 is 22.7 Å². The first kappa shape index (κ1) is 9.76. The van der Waals surface area contributed by atoms with Crippen molar-refractivity contribution in [3.8, 4) is 11.4 Å². The molecule has 14 heavy (non-hydrogen) atoms. The summed E-state index contributed by atoms with van der Waals surface area (Å²) in [4.78, 5) is 8.88. The predicted octanol–water partition coefficient (Wildman–Crippen LogP) is 2.29. The molecule has 2 aromatic rings. The molecule has 2 rings (SSSR count). The molecule has 0 atom stereocenters. The van der Waals surface area contributed by atoms with Crippen LogP contribution in [0.5, 0.6) is 0 Å². The molecule has 5 heteroatoms. The van der Waals surface area contributed by atoms with E-state index in [0.29, 0.717) is 0 Å². The molecule has 0 bridgehead atoms. The van der Waals surface area contributed by atoms with Gasteiger partial charge in [0.15, 0.2) is 0 Å². The van der Waals surface area contributed by atoms with Crippen LogP contribution in [0, 0.1) is 6.92 Å². The van der Waals surface area contributed by atoms with Crippen LogP contribution in [0.25, 0.3) is 11.4 Å². The molecule has 0 aliphatic carbocycles. The van der Waals surface area contributed by atoms with E-state index in [9.17, 15) is 0 Å². The largest absolute Gasteiger partial charge is 0.314 e. The molecule has 0 fully saturated rings. The molecule has 0 unspecified atom stereocenters. The molecule has 0 aliphatic heterocycles. The summed E-state index contributed by atoms with van der Waals surface area (Å²) in [5, 5.41) is 9.38. The van der Waals surface area contributed by atoms with Crippen LogP contribution < -0.4 is 5.32 Å². The normalized spacial score (nSPS) is 10.7. The minimum atomic E-state index is 0.827. The molecule has 74 valence electrons. The number of rotatable bonds is 3. The molecular weight excluding hydrogens is 214 g/mol. The van der Waals surface area contributed by atoms with Crippen LogP contribution in [-0.4, -0.2) is 17.0 Å². The minimum absolute atomic E-state index is 0.827. The SMILES string of the molecule is CNCc1nc(-c2csc(C)n2)cs1. The maximum absolute atomic E-state index is 4.48. The van der Waals surface area contributed by atoms with Crippen LogP contribution in [0.2, 0.25) is 0 Å². The topological polar surface area (TPSA) is 37.8 Å². The zero-order valence-corrected chi connectivity index (χ0v) is 9.71. The van der Waals surface area contributed by atoms with Crippen LogP contribution in [-0.2, 0) is 6.54 Å². The summed E-state index contributed by atoms with van der Waals surface area (Å²) in [5.74, 6) is 0. The number of thiazole rings is 2. The van der Waals surface area contributed by atoms with Gasteiger partial charge < -0.3 is 5.32 Å². The van der Waals surface area contributed by atoms with E-state index in [2.05, 4.69) is 20.7 Å². The smallest absolute Gasteiger partial charge is 0.107 e. The van der Waals surface area contributed by atoms with Crippen molar-refractivity contribution < 1.29 is 0 Å². The average Bonchev–Trinajstić information content (AvgIpc) is 2.74. The van der Waals surface area contributed by atoms with Gasteiger partial charge in [0.1, 0.15) is 16.4 Å². The van der Waals surface area contributed by atoms with E-state index in [1.54, 1.807) is 22.7 Å². The van der Waals surface area contributed by atoms with E-state index in [0.717, 1.165) is 27.9 Å². The maximum Gasteiger partial charge on any atom is 0.107 e. The second kappa shape index (κ2) is 4.16. The summed E-state index contributed by atoms with van der Waals surface area (Å²) in [5.41, 5.74) is 1.98. The van der Waals surface area contributed by atoms with Gasteiger partial charge in [-0.2, -0.15) is 0 Å². The van der Waals surface area contributed by atoms with Crippen molar-refractivity contribution in [2.45, 2.75) is 13.5 Å². The zero-order chi connectivity index (χ0) is 9.97. The van der Waals surface area contributed by atoms with Gasteiger partial charge in [0.2, 0.25) is 0 Å². The van der Waals surface area contributed by atoms with Crippen LogP contribution >= 0.6 is 22.7 Å². The van der Waals surface area contributed by atoms with Crippen molar-refractivity contribution in [1.29, 1.82) is 0 Å². The molecule has 2 heterocycles. The molecule has 3 nitrogen and oxygen atoms in total. The molecule has 0 amide bonds. The number of aromatic nitrogens is 2. The highest BCUT2D eigenvalue weighted by Crippen LogP contribution is 2.23. The van der Waals surface area contributed by atoms with E-state index >= 15 is 0 Å². The lowest BCUT2D eigenvalue weighted by Gasteiger charge is -1.90. The Kier molecular flexibility index (Phi) is 2.90. The Bertz CT molecular complexity index is 419. The Morgan fingerprint density at radius 2 is 1.93 bits per heavy atom. The fourth-order valence-electron chi connectivity index (χ4n) is 1.14. The van der Waals surface area contributed by atoms with Crippen molar-refractivity contribution in [3.05, 3.63) is 20.8 Å². The van der Waals surface area contributed by atoms with Crippen molar-refractivity contribution in [2.24, 2.45) is 0 Å². The van der Waals surface area contributed by atoms with Gasteiger partial charge >= 0.3 is 0 Å². The first-order valence-corrected chi connectivity index (χ1v) is 6.07. The Labute approximate surface area is 90.9 Å². The molecule has 0 saturated carbocycles. The maximum atomic E-state index is 4.48. The quantitative estimate of drug-likeness (QED) is 0.871. The predicted molar refractivity (Wildman–Crippen MR) is 60.7 cm³/mol. The summed E-state index contributed by atoms with van der Waals surface area (Å²) < 4.78 is 0. The van der Waals surface area contributed by atoms with Gasteiger partial charge in [-0.3, -0.25) is 0 Å². The third kappa shape index (κ3) is 2.00. The lowest BCUT2D eigenvalue weighted by atomic mass is 10.4. The van der Waals surface area contributed by atoms with Crippen LogP contribution in [0.1, 0.15) is 10.0 Å². The Morgan fingerprint density at radius 1 is 1.21 bits per heavy atom. The van der Waals surface area contributed by atoms with Crippen molar-refractivity contribution in [1.82, 2.24) is 15.3 Å². The molecule has 1 N–H and O–H groups in total. The summed E-state index contributed by atoms with van der Waals surface area (Å²) in [6, 6.07) is 0. The van der Waals surface area contributed by atoms with E-state index in [-0.39, 0.29) is 0 Å². The molecule has 0 spiro atoms. The summed E-state index contributed by atoms with van der Waals surface area (Å²) in [6.45, 7) is 2.84. The fraction of sp³-hybridized carbons (Fsp3) is 0.333. The van der Waals surface area contributed by atoms with Crippen molar-refractivity contribution in [3.63, 3.8) is 0 Å². The van der Waals surface area contributed by atoms with Gasteiger partial charge in [0, 0.05) is 17.3 Å².